The second-order valence-corrected chi connectivity index (χ2v) is 8.03. The molecule has 1 aliphatic heterocycles. The van der Waals surface area contributed by atoms with Crippen molar-refractivity contribution in [1.82, 2.24) is 20.4 Å². The molecule has 1 atom stereocenters. The molecule has 0 bridgehead atoms. The number of benzene rings is 1. The smallest absolute Gasteiger partial charge is 0.239 e. The van der Waals surface area contributed by atoms with Gasteiger partial charge in [-0.05, 0) is 57.7 Å². The van der Waals surface area contributed by atoms with Gasteiger partial charge in [0.1, 0.15) is 5.75 Å². The van der Waals surface area contributed by atoms with Gasteiger partial charge in [0.15, 0.2) is 5.96 Å². The van der Waals surface area contributed by atoms with E-state index in [0.29, 0.717) is 0 Å². The summed E-state index contributed by atoms with van der Waals surface area (Å²) in [5.74, 6) is 1.99. The SMILES string of the molecule is CCNC(=NCCCN1CCCC1C(=O)N(C)C)NCCc1cc(C)ccc1OC. The average molecular weight is 418 g/mol. The molecular formula is C23H39N5O2. The molecule has 1 heterocycles. The quantitative estimate of drug-likeness (QED) is 0.346. The summed E-state index contributed by atoms with van der Waals surface area (Å²) in [7, 11) is 5.39. The van der Waals surface area contributed by atoms with E-state index in [0.717, 1.165) is 70.1 Å². The monoisotopic (exact) mass is 417 g/mol. The number of guanidine groups is 1. The molecule has 0 spiro atoms. The topological polar surface area (TPSA) is 69.2 Å². The number of amides is 1. The van der Waals surface area contributed by atoms with Gasteiger partial charge in [-0.1, -0.05) is 17.7 Å². The first-order chi connectivity index (χ1) is 14.5. The summed E-state index contributed by atoms with van der Waals surface area (Å²) < 4.78 is 5.47. The number of likely N-dealkylation sites (tertiary alicyclic amines) is 1. The van der Waals surface area contributed by atoms with Crippen molar-refractivity contribution in [3.63, 3.8) is 0 Å². The van der Waals surface area contributed by atoms with Crippen LogP contribution in [-0.4, -0.2) is 81.6 Å². The highest BCUT2D eigenvalue weighted by Gasteiger charge is 2.30. The van der Waals surface area contributed by atoms with Crippen LogP contribution in [0, 0.1) is 6.92 Å². The van der Waals surface area contributed by atoms with Gasteiger partial charge in [-0.2, -0.15) is 0 Å². The van der Waals surface area contributed by atoms with Crippen molar-refractivity contribution in [2.45, 2.75) is 45.6 Å². The molecule has 1 saturated heterocycles. The van der Waals surface area contributed by atoms with Gasteiger partial charge >= 0.3 is 0 Å². The Labute approximate surface area is 181 Å². The third-order valence-electron chi connectivity index (χ3n) is 5.43. The minimum absolute atomic E-state index is 0.0413. The molecule has 1 unspecified atom stereocenters. The number of ether oxygens (including phenoxy) is 1. The fourth-order valence-electron chi connectivity index (χ4n) is 3.90. The first-order valence-electron chi connectivity index (χ1n) is 11.1. The Kier molecular flexibility index (Phi) is 9.94. The van der Waals surface area contributed by atoms with Gasteiger partial charge in [0, 0.05) is 40.3 Å². The molecule has 0 aliphatic carbocycles. The Bertz CT molecular complexity index is 705. The summed E-state index contributed by atoms with van der Waals surface area (Å²) in [6, 6.07) is 6.31. The molecule has 1 aliphatic rings. The Morgan fingerprint density at radius 2 is 2.13 bits per heavy atom. The van der Waals surface area contributed by atoms with E-state index in [2.05, 4.69) is 41.5 Å². The molecular weight excluding hydrogens is 378 g/mol. The number of aryl methyl sites for hydroxylation is 1. The van der Waals surface area contributed by atoms with E-state index in [4.69, 9.17) is 9.73 Å². The minimum atomic E-state index is 0.0413. The number of nitrogens with one attached hydrogen (secondary N) is 2. The lowest BCUT2D eigenvalue weighted by atomic mass is 10.1. The molecule has 0 saturated carbocycles. The molecule has 1 aromatic carbocycles. The maximum Gasteiger partial charge on any atom is 0.239 e. The van der Waals surface area contributed by atoms with Crippen molar-refractivity contribution in [2.75, 3.05) is 53.9 Å². The standard InChI is InChI=1S/C23H39N5O2/c1-6-24-23(26-14-12-19-17-18(2)10-11-21(19)30-5)25-13-8-16-28-15-7-9-20(28)22(29)27(3)4/h10-11,17,20H,6-9,12-16H2,1-5H3,(H2,24,25,26). The lowest BCUT2D eigenvalue weighted by molar-refractivity contribution is -0.133. The molecule has 1 amide bonds. The maximum absolute atomic E-state index is 12.3. The molecule has 1 fully saturated rings. The van der Waals surface area contributed by atoms with Crippen LogP contribution in [0.5, 0.6) is 5.75 Å². The van der Waals surface area contributed by atoms with Gasteiger partial charge < -0.3 is 20.3 Å². The average Bonchev–Trinajstić information content (AvgIpc) is 3.19. The van der Waals surface area contributed by atoms with Gasteiger partial charge in [0.25, 0.3) is 0 Å². The second kappa shape index (κ2) is 12.4. The van der Waals surface area contributed by atoms with Gasteiger partial charge in [0.05, 0.1) is 13.2 Å². The molecule has 168 valence electrons. The number of methoxy groups -OCH3 is 1. The summed E-state index contributed by atoms with van der Waals surface area (Å²) in [6.45, 7) is 8.43. The summed E-state index contributed by atoms with van der Waals surface area (Å²) >= 11 is 0. The Hall–Kier alpha value is -2.28. The van der Waals surface area contributed by atoms with Crippen LogP contribution in [0.4, 0.5) is 0 Å². The number of rotatable bonds is 10. The van der Waals surface area contributed by atoms with Crippen molar-refractivity contribution in [2.24, 2.45) is 4.99 Å². The van der Waals surface area contributed by atoms with E-state index in [-0.39, 0.29) is 11.9 Å². The zero-order valence-electron chi connectivity index (χ0n) is 19.3. The van der Waals surface area contributed by atoms with Crippen LogP contribution >= 0.6 is 0 Å². The predicted octanol–water partition coefficient (Wildman–Crippen LogP) is 2.04. The van der Waals surface area contributed by atoms with Crippen LogP contribution in [0.1, 0.15) is 37.3 Å². The van der Waals surface area contributed by atoms with Crippen LogP contribution in [0.25, 0.3) is 0 Å². The van der Waals surface area contributed by atoms with Gasteiger partial charge in [-0.15, -0.1) is 0 Å². The normalized spacial score (nSPS) is 17.1. The number of aliphatic imine (C=N–C) groups is 1. The fourth-order valence-corrected chi connectivity index (χ4v) is 3.90. The van der Waals surface area contributed by atoms with Crippen molar-refractivity contribution < 1.29 is 9.53 Å². The number of likely N-dealkylation sites (N-methyl/N-ethyl adjacent to an activating group) is 1. The molecule has 7 heteroatoms. The number of carbonyl (C=O) groups excluding carboxylic acids is 1. The van der Waals surface area contributed by atoms with Crippen molar-refractivity contribution >= 4 is 11.9 Å². The molecule has 0 radical (unpaired) electrons. The number of carbonyl (C=O) groups is 1. The zero-order chi connectivity index (χ0) is 21.9. The molecule has 2 N–H and O–H groups in total. The zero-order valence-corrected chi connectivity index (χ0v) is 19.3. The van der Waals surface area contributed by atoms with Crippen LogP contribution in [-0.2, 0) is 11.2 Å². The molecule has 7 nitrogen and oxygen atoms in total. The van der Waals surface area contributed by atoms with E-state index >= 15 is 0 Å². The van der Waals surface area contributed by atoms with Crippen LogP contribution in [0.15, 0.2) is 23.2 Å². The lowest BCUT2D eigenvalue weighted by Crippen LogP contribution is -2.43. The predicted molar refractivity (Wildman–Crippen MR) is 123 cm³/mol. The highest BCUT2D eigenvalue weighted by Crippen LogP contribution is 2.20. The number of hydrogen-bond donors (Lipinski definition) is 2. The third-order valence-corrected chi connectivity index (χ3v) is 5.43. The third kappa shape index (κ3) is 7.20. The minimum Gasteiger partial charge on any atom is -0.496 e. The summed E-state index contributed by atoms with van der Waals surface area (Å²) in [4.78, 5) is 21.0. The van der Waals surface area contributed by atoms with Crippen LogP contribution in [0.3, 0.4) is 0 Å². The molecule has 30 heavy (non-hydrogen) atoms. The number of hydrogen-bond acceptors (Lipinski definition) is 4. The van der Waals surface area contributed by atoms with Gasteiger partial charge in [-0.25, -0.2) is 0 Å². The van der Waals surface area contributed by atoms with E-state index in [9.17, 15) is 4.79 Å². The molecule has 2 rings (SSSR count). The van der Waals surface area contributed by atoms with Crippen molar-refractivity contribution in [3.8, 4) is 5.75 Å². The largest absolute Gasteiger partial charge is 0.496 e. The second-order valence-electron chi connectivity index (χ2n) is 8.03. The lowest BCUT2D eigenvalue weighted by Gasteiger charge is -2.25. The summed E-state index contributed by atoms with van der Waals surface area (Å²) in [5, 5.41) is 6.73. The van der Waals surface area contributed by atoms with E-state index in [1.165, 1.54) is 11.1 Å². The fraction of sp³-hybridized carbons (Fsp3) is 0.652. The summed E-state index contributed by atoms with van der Waals surface area (Å²) in [5.41, 5.74) is 2.44. The Balaban J connectivity index is 1.80. The van der Waals surface area contributed by atoms with Crippen molar-refractivity contribution in [1.29, 1.82) is 0 Å². The van der Waals surface area contributed by atoms with Gasteiger partial charge in [0.2, 0.25) is 5.91 Å². The van der Waals surface area contributed by atoms with Crippen molar-refractivity contribution in [3.05, 3.63) is 29.3 Å². The van der Waals surface area contributed by atoms with E-state index in [1.807, 2.05) is 20.2 Å². The Morgan fingerprint density at radius 1 is 1.33 bits per heavy atom. The Morgan fingerprint density at radius 3 is 2.83 bits per heavy atom. The van der Waals surface area contributed by atoms with Crippen LogP contribution < -0.4 is 15.4 Å². The first kappa shape index (κ1) is 24.0. The first-order valence-corrected chi connectivity index (χ1v) is 11.1. The molecule has 0 aromatic heterocycles. The maximum atomic E-state index is 12.3. The number of nitrogens with zero attached hydrogens (tertiary/aromatic N) is 3. The molecule has 1 aromatic rings. The van der Waals surface area contributed by atoms with E-state index in [1.54, 1.807) is 12.0 Å². The van der Waals surface area contributed by atoms with Crippen LogP contribution in [0.2, 0.25) is 0 Å². The highest BCUT2D eigenvalue weighted by atomic mass is 16.5. The summed E-state index contributed by atoms with van der Waals surface area (Å²) in [6.07, 6.45) is 3.88. The van der Waals surface area contributed by atoms with Gasteiger partial charge in [-0.3, -0.25) is 14.7 Å². The highest BCUT2D eigenvalue weighted by molar-refractivity contribution is 5.81. The van der Waals surface area contributed by atoms with E-state index < -0.39 is 0 Å².